The summed E-state index contributed by atoms with van der Waals surface area (Å²) >= 11 is 1.88. The number of ether oxygens (including phenoxy) is 1. The highest BCUT2D eigenvalue weighted by Crippen LogP contribution is 2.52. The summed E-state index contributed by atoms with van der Waals surface area (Å²) in [5.74, 6) is 1.28. The van der Waals surface area contributed by atoms with E-state index in [9.17, 15) is 4.79 Å². The molecule has 9 heteroatoms. The van der Waals surface area contributed by atoms with Crippen LogP contribution < -0.4 is 14.9 Å². The van der Waals surface area contributed by atoms with E-state index in [4.69, 9.17) is 4.74 Å². The van der Waals surface area contributed by atoms with E-state index in [2.05, 4.69) is 67.6 Å². The predicted molar refractivity (Wildman–Crippen MR) is 138 cm³/mol. The lowest BCUT2D eigenvalue weighted by atomic mass is 9.59. The second-order valence-electron chi connectivity index (χ2n) is 9.98. The summed E-state index contributed by atoms with van der Waals surface area (Å²) in [4.78, 5) is 27.4. The molecule has 2 aromatic rings. The summed E-state index contributed by atoms with van der Waals surface area (Å²) < 4.78 is 5.42. The van der Waals surface area contributed by atoms with Gasteiger partial charge in [0.15, 0.2) is 0 Å². The molecule has 0 radical (unpaired) electrons. The molecule has 3 heterocycles. The largest absolute Gasteiger partial charge is 0.378 e. The topological polar surface area (TPSA) is 70.6 Å². The van der Waals surface area contributed by atoms with Crippen molar-refractivity contribution in [2.45, 2.75) is 51.9 Å². The summed E-state index contributed by atoms with van der Waals surface area (Å²) in [6.07, 6.45) is 7.99. The minimum atomic E-state index is -0.150. The van der Waals surface area contributed by atoms with E-state index in [1.165, 1.54) is 4.88 Å². The summed E-state index contributed by atoms with van der Waals surface area (Å²) in [5, 5.41) is 4.92. The average molecular weight is 490 g/mol. The molecular formula is C24H36N5O2PS. The van der Waals surface area contributed by atoms with Gasteiger partial charge in [0.2, 0.25) is 5.95 Å². The van der Waals surface area contributed by atoms with Crippen molar-refractivity contribution in [3.05, 3.63) is 34.8 Å². The zero-order valence-electron chi connectivity index (χ0n) is 19.9. The van der Waals surface area contributed by atoms with Crippen molar-refractivity contribution in [1.82, 2.24) is 15.1 Å². The third kappa shape index (κ3) is 5.18. The molecule has 0 spiro atoms. The summed E-state index contributed by atoms with van der Waals surface area (Å²) in [6, 6.07) is 4.32. The van der Waals surface area contributed by atoms with Gasteiger partial charge >= 0.3 is 6.03 Å². The number of carbonyl (C=O) groups is 1. The van der Waals surface area contributed by atoms with Crippen LogP contribution in [0.3, 0.4) is 0 Å². The van der Waals surface area contributed by atoms with Gasteiger partial charge in [-0.05, 0) is 57.9 Å². The van der Waals surface area contributed by atoms with Gasteiger partial charge in [-0.15, -0.1) is 11.3 Å². The predicted octanol–water partition coefficient (Wildman–Crippen LogP) is 4.86. The number of hydrogen-bond acceptors (Lipinski definition) is 6. The van der Waals surface area contributed by atoms with Gasteiger partial charge in [-0.2, -0.15) is 0 Å². The fourth-order valence-corrected chi connectivity index (χ4v) is 6.54. The Morgan fingerprint density at radius 3 is 2.45 bits per heavy atom. The Morgan fingerprint density at radius 2 is 1.91 bits per heavy atom. The van der Waals surface area contributed by atoms with Crippen molar-refractivity contribution in [2.24, 2.45) is 11.3 Å². The van der Waals surface area contributed by atoms with E-state index in [0.29, 0.717) is 31.6 Å². The van der Waals surface area contributed by atoms with E-state index in [-0.39, 0.29) is 16.9 Å². The van der Waals surface area contributed by atoms with Crippen molar-refractivity contribution in [3.8, 4) is 0 Å². The van der Waals surface area contributed by atoms with Crippen molar-refractivity contribution in [2.75, 3.05) is 42.6 Å². The Balaban J connectivity index is 1.49. The van der Waals surface area contributed by atoms with Gasteiger partial charge in [-0.25, -0.2) is 14.8 Å². The van der Waals surface area contributed by atoms with Gasteiger partial charge in [-0.1, -0.05) is 26.8 Å². The molecule has 1 unspecified atom stereocenters. The van der Waals surface area contributed by atoms with Crippen LogP contribution in [0.25, 0.3) is 0 Å². The number of urea groups is 1. The molecular weight excluding hydrogens is 453 g/mol. The molecule has 0 bridgehead atoms. The molecule has 1 saturated heterocycles. The van der Waals surface area contributed by atoms with Crippen LogP contribution in [0.2, 0.25) is 0 Å². The Morgan fingerprint density at radius 1 is 1.24 bits per heavy atom. The maximum atomic E-state index is 12.9. The van der Waals surface area contributed by atoms with Crippen LogP contribution >= 0.6 is 20.7 Å². The Kier molecular flexibility index (Phi) is 7.56. The number of nitrogens with one attached hydrogen (secondary N) is 1. The van der Waals surface area contributed by atoms with Crippen LogP contribution in [0, 0.1) is 11.3 Å². The van der Waals surface area contributed by atoms with Crippen LogP contribution in [0.15, 0.2) is 29.9 Å². The van der Waals surface area contributed by atoms with Crippen molar-refractivity contribution in [1.29, 1.82) is 0 Å². The maximum absolute atomic E-state index is 12.9. The van der Waals surface area contributed by atoms with Crippen molar-refractivity contribution >= 4 is 38.4 Å². The minimum absolute atomic E-state index is 0.0374. The smallest absolute Gasteiger partial charge is 0.324 e. The molecule has 2 aliphatic rings. The maximum Gasteiger partial charge on any atom is 0.324 e. The van der Waals surface area contributed by atoms with Gasteiger partial charge in [-0.3, -0.25) is 4.90 Å². The Bertz CT molecular complexity index is 907. The first kappa shape index (κ1) is 24.4. The van der Waals surface area contributed by atoms with Crippen LogP contribution in [-0.2, 0) is 10.2 Å². The van der Waals surface area contributed by atoms with E-state index < -0.39 is 0 Å². The fourth-order valence-electron chi connectivity index (χ4n) is 5.25. The first-order valence-electron chi connectivity index (χ1n) is 11.8. The molecule has 1 saturated carbocycles. The van der Waals surface area contributed by atoms with Crippen molar-refractivity contribution < 1.29 is 9.53 Å². The zero-order chi connectivity index (χ0) is 23.5. The third-order valence-electron chi connectivity index (χ3n) is 7.61. The molecule has 2 amide bonds. The first-order valence-corrected chi connectivity index (χ1v) is 13.3. The van der Waals surface area contributed by atoms with E-state index in [1.54, 1.807) is 17.3 Å². The number of amides is 2. The minimum Gasteiger partial charge on any atom is -0.378 e. The lowest BCUT2D eigenvalue weighted by Crippen LogP contribution is -2.47. The number of carbonyl (C=O) groups excluding carboxylic acids is 1. The average Bonchev–Trinajstić information content (AvgIpc) is 3.39. The van der Waals surface area contributed by atoms with Crippen LogP contribution in [0.5, 0.6) is 0 Å². The summed E-state index contributed by atoms with van der Waals surface area (Å²) in [6.45, 7) is 10.6. The highest BCUT2D eigenvalue weighted by molar-refractivity contribution is 7.15. The quantitative estimate of drug-likeness (QED) is 0.587. The number of morpholine rings is 1. The molecule has 180 valence electrons. The van der Waals surface area contributed by atoms with Gasteiger partial charge in [0, 0.05) is 29.9 Å². The molecule has 2 fully saturated rings. The number of thiophene rings is 1. The van der Waals surface area contributed by atoms with E-state index in [1.807, 2.05) is 11.3 Å². The summed E-state index contributed by atoms with van der Waals surface area (Å²) in [5.41, 5.74) is 1.01. The summed E-state index contributed by atoms with van der Waals surface area (Å²) in [7, 11) is 2.33. The molecule has 7 nitrogen and oxygen atoms in total. The number of aromatic nitrogens is 2. The monoisotopic (exact) mass is 489 g/mol. The molecule has 4 rings (SSSR count). The first-order chi connectivity index (χ1) is 15.9. The normalized spacial score (nSPS) is 25.8. The van der Waals surface area contributed by atoms with Crippen LogP contribution in [-0.4, -0.2) is 48.8 Å². The second kappa shape index (κ2) is 10.2. The third-order valence-corrected chi connectivity index (χ3v) is 8.94. The van der Waals surface area contributed by atoms with Crippen molar-refractivity contribution in [3.63, 3.8) is 0 Å². The number of anilines is 2. The number of rotatable bonds is 6. The lowest BCUT2D eigenvalue weighted by molar-refractivity contribution is 0.118. The van der Waals surface area contributed by atoms with Crippen LogP contribution in [0.1, 0.15) is 51.3 Å². The van der Waals surface area contributed by atoms with Gasteiger partial charge in [0.1, 0.15) is 0 Å². The van der Waals surface area contributed by atoms with Crippen LogP contribution in [0.4, 0.5) is 16.4 Å². The molecule has 1 N–H and O–H groups in total. The van der Waals surface area contributed by atoms with Gasteiger partial charge < -0.3 is 14.7 Å². The van der Waals surface area contributed by atoms with Gasteiger partial charge in [0.05, 0.1) is 31.3 Å². The molecule has 2 aromatic heterocycles. The highest BCUT2D eigenvalue weighted by atomic mass is 32.1. The molecule has 0 aromatic carbocycles. The lowest BCUT2D eigenvalue weighted by Gasteiger charge is -2.48. The van der Waals surface area contributed by atoms with E-state index in [0.717, 1.165) is 44.5 Å². The standard InChI is InChI=1S/C24H36N5O2PS/c1-18(2)24(20-5-4-14-33-20)8-6-23(3,7-9-24)17-29(22(30)27-32)19-15-25-21(26-16-19)28-10-12-31-13-11-28/h4-5,14-16,18H,6-13,17,32H2,1-3H3,(H,27,30). The Hall–Kier alpha value is -1.76. The zero-order valence-corrected chi connectivity index (χ0v) is 21.9. The highest BCUT2D eigenvalue weighted by Gasteiger charge is 2.45. The van der Waals surface area contributed by atoms with Gasteiger partial charge in [0.25, 0.3) is 0 Å². The van der Waals surface area contributed by atoms with E-state index >= 15 is 0 Å². The number of hydrogen-bond donors (Lipinski definition) is 1. The SMILES string of the molecule is CC(C)C1(c2cccs2)CCC(C)(CN(C(=O)NP)c2cnc(N3CCOCC3)nc2)CC1. The second-order valence-corrected chi connectivity index (χ2v) is 11.2. The number of nitrogens with zero attached hydrogens (tertiary/aromatic N) is 4. The molecule has 1 atom stereocenters. The molecule has 1 aliphatic carbocycles. The Labute approximate surface area is 203 Å². The fraction of sp³-hybridized carbons (Fsp3) is 0.625. The molecule has 1 aliphatic heterocycles. The molecule has 33 heavy (non-hydrogen) atoms.